The second kappa shape index (κ2) is 3.32. The highest BCUT2D eigenvalue weighted by Gasteiger charge is 2.03. The molecule has 4 heteroatoms. The van der Waals surface area contributed by atoms with E-state index >= 15 is 0 Å². The molecule has 1 radical (unpaired) electrons. The van der Waals surface area contributed by atoms with Gasteiger partial charge >= 0.3 is 0 Å². The Hall–Kier alpha value is -1.13. The predicted octanol–water partition coefficient (Wildman–Crippen LogP) is -0.0199. The molecule has 1 heterocycles. The SMILES string of the molecule is [NH]CC(O)c1ccc(N)nc1. The van der Waals surface area contributed by atoms with Crippen LogP contribution in [0, 0.1) is 0 Å². The van der Waals surface area contributed by atoms with E-state index in [2.05, 4.69) is 4.98 Å². The normalized spacial score (nSPS) is 12.9. The van der Waals surface area contributed by atoms with Crippen molar-refractivity contribution in [1.82, 2.24) is 10.7 Å². The van der Waals surface area contributed by atoms with Crippen LogP contribution in [0.2, 0.25) is 0 Å². The van der Waals surface area contributed by atoms with Gasteiger partial charge in [0.15, 0.2) is 0 Å². The number of nitrogens with zero attached hydrogens (tertiary/aromatic N) is 1. The van der Waals surface area contributed by atoms with Gasteiger partial charge in [-0.15, -0.1) is 0 Å². The number of aliphatic hydroxyl groups is 1. The molecule has 0 aliphatic heterocycles. The lowest BCUT2D eigenvalue weighted by Crippen LogP contribution is -2.04. The standard InChI is InChI=1S/C7H10N3O/c8-3-6(11)5-1-2-7(9)10-4-5/h1-2,4,6,8,11H,3H2,(H2,9,10). The zero-order valence-corrected chi connectivity index (χ0v) is 5.99. The molecule has 0 fully saturated rings. The highest BCUT2D eigenvalue weighted by Crippen LogP contribution is 2.10. The fourth-order valence-electron chi connectivity index (χ4n) is 0.732. The molecular formula is C7H10N3O. The summed E-state index contributed by atoms with van der Waals surface area (Å²) in [6.07, 6.45) is 0.734. The summed E-state index contributed by atoms with van der Waals surface area (Å²) >= 11 is 0. The Bertz CT molecular complexity index is 222. The molecule has 1 rings (SSSR count). The first-order valence-electron chi connectivity index (χ1n) is 3.28. The Morgan fingerprint density at radius 3 is 2.82 bits per heavy atom. The maximum Gasteiger partial charge on any atom is 0.123 e. The van der Waals surface area contributed by atoms with Gasteiger partial charge in [0.2, 0.25) is 0 Å². The number of aromatic nitrogens is 1. The third-order valence-corrected chi connectivity index (χ3v) is 1.39. The van der Waals surface area contributed by atoms with Crippen LogP contribution in [-0.2, 0) is 0 Å². The van der Waals surface area contributed by atoms with E-state index in [4.69, 9.17) is 16.6 Å². The molecule has 1 unspecified atom stereocenters. The van der Waals surface area contributed by atoms with E-state index in [0.29, 0.717) is 11.4 Å². The summed E-state index contributed by atoms with van der Waals surface area (Å²) in [6, 6.07) is 3.27. The van der Waals surface area contributed by atoms with Gasteiger partial charge in [-0.25, -0.2) is 4.98 Å². The smallest absolute Gasteiger partial charge is 0.123 e. The van der Waals surface area contributed by atoms with Gasteiger partial charge in [0.25, 0.3) is 0 Å². The topological polar surface area (TPSA) is 82.9 Å². The van der Waals surface area contributed by atoms with Crippen molar-refractivity contribution in [2.45, 2.75) is 6.10 Å². The van der Waals surface area contributed by atoms with Crippen LogP contribution in [0.15, 0.2) is 18.3 Å². The molecule has 4 N–H and O–H groups in total. The molecule has 4 nitrogen and oxygen atoms in total. The molecular weight excluding hydrogens is 142 g/mol. The van der Waals surface area contributed by atoms with Gasteiger partial charge in [-0.05, 0) is 6.07 Å². The fraction of sp³-hybridized carbons (Fsp3) is 0.286. The third kappa shape index (κ3) is 1.89. The summed E-state index contributed by atoms with van der Waals surface area (Å²) in [4.78, 5) is 3.78. The number of aliphatic hydroxyl groups excluding tert-OH is 1. The maximum absolute atomic E-state index is 9.15. The number of pyridine rings is 1. The molecule has 1 atom stereocenters. The Labute approximate surface area is 64.9 Å². The van der Waals surface area contributed by atoms with Crippen LogP contribution in [0.3, 0.4) is 0 Å². The Morgan fingerprint density at radius 2 is 2.36 bits per heavy atom. The van der Waals surface area contributed by atoms with Crippen LogP contribution >= 0.6 is 0 Å². The van der Waals surface area contributed by atoms with Crippen molar-refractivity contribution in [2.75, 3.05) is 12.3 Å². The lowest BCUT2D eigenvalue weighted by atomic mass is 10.2. The van der Waals surface area contributed by atoms with Crippen molar-refractivity contribution >= 4 is 5.82 Å². The van der Waals surface area contributed by atoms with Gasteiger partial charge in [0.1, 0.15) is 5.82 Å². The highest BCUT2D eigenvalue weighted by molar-refractivity contribution is 5.30. The zero-order chi connectivity index (χ0) is 8.27. The average molecular weight is 152 g/mol. The summed E-state index contributed by atoms with van der Waals surface area (Å²) < 4.78 is 0. The van der Waals surface area contributed by atoms with E-state index in [9.17, 15) is 0 Å². The average Bonchev–Trinajstić information content (AvgIpc) is 2.05. The van der Waals surface area contributed by atoms with Gasteiger partial charge in [-0.3, -0.25) is 5.73 Å². The number of rotatable bonds is 2. The number of nitrogens with one attached hydrogen (secondary N) is 1. The largest absolute Gasteiger partial charge is 0.387 e. The van der Waals surface area contributed by atoms with Gasteiger partial charge < -0.3 is 10.8 Å². The number of anilines is 1. The second-order valence-electron chi connectivity index (χ2n) is 2.24. The first-order valence-corrected chi connectivity index (χ1v) is 3.28. The van der Waals surface area contributed by atoms with Crippen LogP contribution in [0.25, 0.3) is 0 Å². The van der Waals surface area contributed by atoms with Crippen LogP contribution < -0.4 is 11.5 Å². The van der Waals surface area contributed by atoms with E-state index < -0.39 is 6.10 Å². The van der Waals surface area contributed by atoms with Crippen molar-refractivity contribution < 1.29 is 5.11 Å². The number of nitrogen functional groups attached to an aromatic ring is 1. The summed E-state index contributed by atoms with van der Waals surface area (Å²) in [6.45, 7) is -0.0500. The first-order chi connectivity index (χ1) is 5.24. The molecule has 1 aromatic heterocycles. The van der Waals surface area contributed by atoms with Crippen LogP contribution in [0.5, 0.6) is 0 Å². The van der Waals surface area contributed by atoms with E-state index in [1.165, 1.54) is 6.20 Å². The lowest BCUT2D eigenvalue weighted by molar-refractivity contribution is 0.184. The molecule has 0 aliphatic carbocycles. The minimum Gasteiger partial charge on any atom is -0.387 e. The van der Waals surface area contributed by atoms with Gasteiger partial charge in [0, 0.05) is 18.3 Å². The van der Waals surface area contributed by atoms with Crippen LogP contribution in [-0.4, -0.2) is 16.6 Å². The number of hydrogen-bond donors (Lipinski definition) is 2. The molecule has 0 aromatic carbocycles. The van der Waals surface area contributed by atoms with Crippen molar-refractivity contribution in [2.24, 2.45) is 0 Å². The minimum absolute atomic E-state index is 0.0500. The van der Waals surface area contributed by atoms with Crippen LogP contribution in [0.1, 0.15) is 11.7 Å². The van der Waals surface area contributed by atoms with Crippen LogP contribution in [0.4, 0.5) is 5.82 Å². The van der Waals surface area contributed by atoms with E-state index in [-0.39, 0.29) is 6.54 Å². The molecule has 11 heavy (non-hydrogen) atoms. The van der Waals surface area contributed by atoms with Crippen molar-refractivity contribution in [3.8, 4) is 0 Å². The maximum atomic E-state index is 9.15. The molecule has 0 saturated heterocycles. The van der Waals surface area contributed by atoms with Gasteiger partial charge in [0.05, 0.1) is 6.10 Å². The van der Waals surface area contributed by atoms with Crippen molar-refractivity contribution in [1.29, 1.82) is 0 Å². The molecule has 0 saturated carbocycles. The monoisotopic (exact) mass is 152 g/mol. The first kappa shape index (κ1) is 7.97. The summed E-state index contributed by atoms with van der Waals surface area (Å²) in [5.41, 5.74) is 12.9. The molecule has 59 valence electrons. The molecule has 0 bridgehead atoms. The van der Waals surface area contributed by atoms with Crippen molar-refractivity contribution in [3.05, 3.63) is 23.9 Å². The minimum atomic E-state index is -0.747. The Morgan fingerprint density at radius 1 is 1.64 bits per heavy atom. The molecule has 0 aliphatic rings. The van der Waals surface area contributed by atoms with E-state index in [1.807, 2.05) is 0 Å². The number of nitrogens with two attached hydrogens (primary N) is 1. The summed E-state index contributed by atoms with van der Waals surface area (Å²) in [5.74, 6) is 0.422. The van der Waals surface area contributed by atoms with Crippen molar-refractivity contribution in [3.63, 3.8) is 0 Å². The highest BCUT2D eigenvalue weighted by atomic mass is 16.3. The predicted molar refractivity (Wildman–Crippen MR) is 41.6 cm³/mol. The van der Waals surface area contributed by atoms with Gasteiger partial charge in [-0.1, -0.05) is 6.07 Å². The fourth-order valence-corrected chi connectivity index (χ4v) is 0.732. The second-order valence-corrected chi connectivity index (χ2v) is 2.24. The van der Waals surface area contributed by atoms with E-state index in [0.717, 1.165) is 0 Å². The Kier molecular flexibility index (Phi) is 2.40. The third-order valence-electron chi connectivity index (χ3n) is 1.39. The quantitative estimate of drug-likeness (QED) is 0.624. The summed E-state index contributed by atoms with van der Waals surface area (Å²) in [5, 5.41) is 9.15. The zero-order valence-electron chi connectivity index (χ0n) is 5.99. The number of hydrogen-bond acceptors (Lipinski definition) is 3. The Balaban J connectivity index is 2.81. The van der Waals surface area contributed by atoms with E-state index in [1.54, 1.807) is 12.1 Å². The summed E-state index contributed by atoms with van der Waals surface area (Å²) in [7, 11) is 0. The molecule has 1 aromatic rings. The molecule has 0 amide bonds. The van der Waals surface area contributed by atoms with Gasteiger partial charge in [-0.2, -0.15) is 0 Å². The lowest BCUT2D eigenvalue weighted by Gasteiger charge is -2.05. The molecule has 0 spiro atoms.